The van der Waals surface area contributed by atoms with Crippen LogP contribution in [-0.2, 0) is 0 Å². The first kappa shape index (κ1) is 15.0. The molecule has 5 heteroatoms. The highest BCUT2D eigenvalue weighted by Gasteiger charge is 2.03. The monoisotopic (exact) mass is 300 g/mol. The largest absolute Gasteiger partial charge is 0.478 e. The fraction of sp³-hybridized carbons (Fsp3) is 0.125. The van der Waals surface area contributed by atoms with Gasteiger partial charge in [0.15, 0.2) is 5.11 Å². The highest BCUT2D eigenvalue weighted by Crippen LogP contribution is 2.15. The number of anilines is 2. The number of carboxylic acid groups (broad SMARTS) is 1. The van der Waals surface area contributed by atoms with E-state index in [1.807, 2.05) is 26.0 Å². The van der Waals surface area contributed by atoms with Gasteiger partial charge in [-0.15, -0.1) is 0 Å². The van der Waals surface area contributed by atoms with Crippen molar-refractivity contribution in [1.29, 1.82) is 0 Å². The van der Waals surface area contributed by atoms with Crippen molar-refractivity contribution in [2.75, 3.05) is 10.6 Å². The average molecular weight is 300 g/mol. The average Bonchev–Trinajstić information content (AvgIpc) is 2.37. The number of aryl methyl sites for hydroxylation is 2. The van der Waals surface area contributed by atoms with Crippen LogP contribution in [0.15, 0.2) is 42.5 Å². The van der Waals surface area contributed by atoms with E-state index in [-0.39, 0.29) is 5.56 Å². The van der Waals surface area contributed by atoms with E-state index in [2.05, 4.69) is 16.7 Å². The fourth-order valence-corrected chi connectivity index (χ4v) is 2.27. The van der Waals surface area contributed by atoms with Gasteiger partial charge in [-0.2, -0.15) is 0 Å². The molecule has 4 nitrogen and oxygen atoms in total. The van der Waals surface area contributed by atoms with Crippen molar-refractivity contribution in [2.24, 2.45) is 0 Å². The Hall–Kier alpha value is -2.40. The molecule has 0 spiro atoms. The first-order valence-corrected chi connectivity index (χ1v) is 6.84. The number of thiocarbonyl (C=S) groups is 1. The normalized spacial score (nSPS) is 10.0. The molecule has 0 fully saturated rings. The summed E-state index contributed by atoms with van der Waals surface area (Å²) >= 11 is 5.25. The van der Waals surface area contributed by atoms with Crippen LogP contribution >= 0.6 is 12.2 Å². The molecule has 0 atom stereocenters. The van der Waals surface area contributed by atoms with Gasteiger partial charge in [-0.25, -0.2) is 4.79 Å². The molecule has 0 heterocycles. The van der Waals surface area contributed by atoms with Crippen LogP contribution in [-0.4, -0.2) is 16.2 Å². The summed E-state index contributed by atoms with van der Waals surface area (Å²) in [6.45, 7) is 4.05. The SMILES string of the molecule is Cc1cc(C)cc(NC(=S)Nc2ccc(C(=O)O)cc2)c1. The lowest BCUT2D eigenvalue weighted by Crippen LogP contribution is -2.19. The maximum atomic E-state index is 10.8. The highest BCUT2D eigenvalue weighted by atomic mass is 32.1. The standard InChI is InChI=1S/C16H16N2O2S/c1-10-7-11(2)9-14(8-10)18-16(21)17-13-5-3-12(4-6-13)15(19)20/h3-9H,1-2H3,(H,19,20)(H2,17,18,21). The molecule has 0 saturated carbocycles. The zero-order chi connectivity index (χ0) is 15.4. The van der Waals surface area contributed by atoms with Gasteiger partial charge in [0.2, 0.25) is 0 Å². The predicted octanol–water partition coefficient (Wildman–Crippen LogP) is 3.81. The predicted molar refractivity (Wildman–Crippen MR) is 89.2 cm³/mol. The first-order chi connectivity index (χ1) is 9.94. The molecule has 0 aromatic heterocycles. The molecule has 2 aromatic rings. The van der Waals surface area contributed by atoms with E-state index >= 15 is 0 Å². The topological polar surface area (TPSA) is 61.4 Å². The van der Waals surface area contributed by atoms with Crippen molar-refractivity contribution in [3.05, 3.63) is 59.2 Å². The summed E-state index contributed by atoms with van der Waals surface area (Å²) in [5.74, 6) is -0.947. The number of carbonyl (C=O) groups is 1. The van der Waals surface area contributed by atoms with Crippen molar-refractivity contribution >= 4 is 34.7 Å². The molecular formula is C16H16N2O2S. The number of benzene rings is 2. The van der Waals surface area contributed by atoms with Crippen LogP contribution in [0.1, 0.15) is 21.5 Å². The summed E-state index contributed by atoms with van der Waals surface area (Å²) in [5.41, 5.74) is 4.22. The Labute approximate surface area is 128 Å². The van der Waals surface area contributed by atoms with E-state index in [1.54, 1.807) is 12.1 Å². The van der Waals surface area contributed by atoms with Gasteiger partial charge in [-0.05, 0) is 73.6 Å². The smallest absolute Gasteiger partial charge is 0.335 e. The minimum Gasteiger partial charge on any atom is -0.478 e. The van der Waals surface area contributed by atoms with Gasteiger partial charge >= 0.3 is 5.97 Å². The summed E-state index contributed by atoms with van der Waals surface area (Å²) < 4.78 is 0. The summed E-state index contributed by atoms with van der Waals surface area (Å²) in [6.07, 6.45) is 0. The number of nitrogens with one attached hydrogen (secondary N) is 2. The Morgan fingerprint density at radius 1 is 0.952 bits per heavy atom. The second-order valence-corrected chi connectivity index (χ2v) is 5.25. The van der Waals surface area contributed by atoms with E-state index in [1.165, 1.54) is 12.1 Å². The minimum absolute atomic E-state index is 0.244. The van der Waals surface area contributed by atoms with E-state index in [4.69, 9.17) is 17.3 Å². The summed E-state index contributed by atoms with van der Waals surface area (Å²) in [7, 11) is 0. The molecular weight excluding hydrogens is 284 g/mol. The minimum atomic E-state index is -0.947. The van der Waals surface area contributed by atoms with Gasteiger partial charge < -0.3 is 15.7 Å². The number of aromatic carboxylic acids is 1. The molecule has 0 radical (unpaired) electrons. The number of rotatable bonds is 3. The van der Waals surface area contributed by atoms with Crippen LogP contribution in [0.5, 0.6) is 0 Å². The van der Waals surface area contributed by atoms with Crippen molar-refractivity contribution in [2.45, 2.75) is 13.8 Å². The van der Waals surface area contributed by atoms with Gasteiger partial charge in [-0.1, -0.05) is 6.07 Å². The van der Waals surface area contributed by atoms with E-state index in [9.17, 15) is 4.79 Å². The van der Waals surface area contributed by atoms with Crippen molar-refractivity contribution in [3.63, 3.8) is 0 Å². The molecule has 21 heavy (non-hydrogen) atoms. The summed E-state index contributed by atoms with van der Waals surface area (Å²) in [5, 5.41) is 15.4. The van der Waals surface area contributed by atoms with Gasteiger partial charge in [0, 0.05) is 11.4 Å². The Kier molecular flexibility index (Phi) is 4.55. The molecule has 0 saturated heterocycles. The molecule has 0 unspecified atom stereocenters. The molecule has 2 aromatic carbocycles. The van der Waals surface area contributed by atoms with Crippen LogP contribution in [0.4, 0.5) is 11.4 Å². The molecule has 0 aliphatic rings. The third-order valence-electron chi connectivity index (χ3n) is 2.87. The van der Waals surface area contributed by atoms with Gasteiger partial charge in [0.1, 0.15) is 0 Å². The van der Waals surface area contributed by atoms with E-state index < -0.39 is 5.97 Å². The number of carboxylic acids is 1. The van der Waals surface area contributed by atoms with E-state index in [0.717, 1.165) is 22.5 Å². The Bertz CT molecular complexity index is 661. The number of hydrogen-bond acceptors (Lipinski definition) is 2. The third kappa shape index (κ3) is 4.29. The Morgan fingerprint density at radius 2 is 1.48 bits per heavy atom. The Morgan fingerprint density at radius 3 is 2.00 bits per heavy atom. The quantitative estimate of drug-likeness (QED) is 0.752. The third-order valence-corrected chi connectivity index (χ3v) is 3.07. The zero-order valence-corrected chi connectivity index (χ0v) is 12.6. The first-order valence-electron chi connectivity index (χ1n) is 6.44. The molecule has 108 valence electrons. The molecule has 3 N–H and O–H groups in total. The second-order valence-electron chi connectivity index (χ2n) is 4.84. The lowest BCUT2D eigenvalue weighted by Gasteiger charge is -2.12. The highest BCUT2D eigenvalue weighted by molar-refractivity contribution is 7.80. The molecule has 2 rings (SSSR count). The Balaban J connectivity index is 2.02. The lowest BCUT2D eigenvalue weighted by atomic mass is 10.1. The maximum absolute atomic E-state index is 10.8. The van der Waals surface area contributed by atoms with Crippen LogP contribution in [0.3, 0.4) is 0 Å². The van der Waals surface area contributed by atoms with Crippen LogP contribution in [0.2, 0.25) is 0 Å². The summed E-state index contributed by atoms with van der Waals surface area (Å²) in [4.78, 5) is 10.8. The van der Waals surface area contributed by atoms with Crippen LogP contribution < -0.4 is 10.6 Å². The molecule has 0 aliphatic heterocycles. The van der Waals surface area contributed by atoms with Crippen LogP contribution in [0.25, 0.3) is 0 Å². The van der Waals surface area contributed by atoms with Gasteiger partial charge in [-0.3, -0.25) is 0 Å². The fourth-order valence-electron chi connectivity index (χ4n) is 2.04. The maximum Gasteiger partial charge on any atom is 0.335 e. The molecule has 0 aliphatic carbocycles. The van der Waals surface area contributed by atoms with Crippen molar-refractivity contribution in [3.8, 4) is 0 Å². The van der Waals surface area contributed by atoms with Gasteiger partial charge in [0.05, 0.1) is 5.56 Å². The van der Waals surface area contributed by atoms with Crippen molar-refractivity contribution in [1.82, 2.24) is 0 Å². The zero-order valence-electron chi connectivity index (χ0n) is 11.8. The summed E-state index contributed by atoms with van der Waals surface area (Å²) in [6, 6.07) is 12.5. The molecule has 0 amide bonds. The lowest BCUT2D eigenvalue weighted by molar-refractivity contribution is 0.0697. The molecule has 0 bridgehead atoms. The van der Waals surface area contributed by atoms with Crippen molar-refractivity contribution < 1.29 is 9.90 Å². The number of hydrogen-bond donors (Lipinski definition) is 3. The van der Waals surface area contributed by atoms with E-state index in [0.29, 0.717) is 5.11 Å². The second kappa shape index (κ2) is 6.37. The van der Waals surface area contributed by atoms with Gasteiger partial charge in [0.25, 0.3) is 0 Å². The van der Waals surface area contributed by atoms with Crippen LogP contribution in [0, 0.1) is 13.8 Å².